The summed E-state index contributed by atoms with van der Waals surface area (Å²) in [5.41, 5.74) is 2.14. The topological polar surface area (TPSA) is 63.5 Å². The highest BCUT2D eigenvalue weighted by Crippen LogP contribution is 2.22. The standard InChI is InChI=1S/C18H23N5O2/c24-18(14-21-8-10-25-11-9-21)22-5-3-17-20-13-16(23(17)7-6-22)15-2-1-4-19-12-15/h1-2,4,12-13H,3,5-11,14H2. The van der Waals surface area contributed by atoms with Gasteiger partial charge in [0.2, 0.25) is 5.91 Å². The summed E-state index contributed by atoms with van der Waals surface area (Å²) in [5.74, 6) is 1.25. The first kappa shape index (κ1) is 16.2. The number of morpholine rings is 1. The molecule has 4 rings (SSSR count). The van der Waals surface area contributed by atoms with Crippen molar-refractivity contribution in [3.8, 4) is 11.3 Å². The largest absolute Gasteiger partial charge is 0.379 e. The Kier molecular flexibility index (Phi) is 4.76. The van der Waals surface area contributed by atoms with Crippen molar-refractivity contribution in [1.82, 2.24) is 24.3 Å². The van der Waals surface area contributed by atoms with E-state index in [1.165, 1.54) is 0 Å². The molecule has 0 radical (unpaired) electrons. The number of hydrogen-bond acceptors (Lipinski definition) is 5. The van der Waals surface area contributed by atoms with Gasteiger partial charge in [-0.05, 0) is 12.1 Å². The Morgan fingerprint density at radius 1 is 1.12 bits per heavy atom. The Balaban J connectivity index is 1.43. The fraction of sp³-hybridized carbons (Fsp3) is 0.500. The van der Waals surface area contributed by atoms with Crippen molar-refractivity contribution in [2.45, 2.75) is 13.0 Å². The molecule has 1 amide bonds. The lowest BCUT2D eigenvalue weighted by molar-refractivity contribution is -0.133. The predicted molar refractivity (Wildman–Crippen MR) is 93.0 cm³/mol. The molecule has 132 valence electrons. The zero-order valence-electron chi connectivity index (χ0n) is 14.3. The van der Waals surface area contributed by atoms with Crippen LogP contribution in [0.5, 0.6) is 0 Å². The van der Waals surface area contributed by atoms with E-state index in [4.69, 9.17) is 4.74 Å². The molecule has 1 saturated heterocycles. The summed E-state index contributed by atoms with van der Waals surface area (Å²) < 4.78 is 7.57. The summed E-state index contributed by atoms with van der Waals surface area (Å²) in [5, 5.41) is 0. The van der Waals surface area contributed by atoms with Gasteiger partial charge in [0.25, 0.3) is 0 Å². The monoisotopic (exact) mass is 341 g/mol. The Labute approximate surface area is 147 Å². The number of nitrogens with zero attached hydrogens (tertiary/aromatic N) is 5. The third-order valence-electron chi connectivity index (χ3n) is 4.91. The number of imidazole rings is 1. The van der Waals surface area contributed by atoms with Crippen LogP contribution < -0.4 is 0 Å². The maximum absolute atomic E-state index is 12.7. The number of carbonyl (C=O) groups is 1. The molecule has 4 heterocycles. The lowest BCUT2D eigenvalue weighted by Crippen LogP contribution is -2.45. The molecule has 1 fully saturated rings. The lowest BCUT2D eigenvalue weighted by atomic mass is 10.2. The average molecular weight is 341 g/mol. The van der Waals surface area contributed by atoms with Gasteiger partial charge in [-0.1, -0.05) is 0 Å². The first-order valence-corrected chi connectivity index (χ1v) is 8.84. The summed E-state index contributed by atoms with van der Waals surface area (Å²) in [7, 11) is 0. The molecule has 0 unspecified atom stereocenters. The average Bonchev–Trinajstić information content (AvgIpc) is 2.94. The van der Waals surface area contributed by atoms with Crippen LogP contribution in [0.3, 0.4) is 0 Å². The van der Waals surface area contributed by atoms with Crippen LogP contribution in [-0.2, 0) is 22.5 Å². The molecule has 0 saturated carbocycles. The van der Waals surface area contributed by atoms with Crippen LogP contribution in [-0.4, -0.2) is 76.2 Å². The van der Waals surface area contributed by atoms with Crippen LogP contribution in [0.1, 0.15) is 5.82 Å². The van der Waals surface area contributed by atoms with Crippen LogP contribution in [0.2, 0.25) is 0 Å². The van der Waals surface area contributed by atoms with Crippen molar-refractivity contribution >= 4 is 5.91 Å². The second-order valence-corrected chi connectivity index (χ2v) is 6.47. The molecule has 7 heteroatoms. The van der Waals surface area contributed by atoms with Gasteiger partial charge in [-0.3, -0.25) is 14.7 Å². The molecule has 2 aliphatic rings. The smallest absolute Gasteiger partial charge is 0.236 e. The Hall–Kier alpha value is -2.25. The molecule has 0 N–H and O–H groups in total. The summed E-state index contributed by atoms with van der Waals surface area (Å²) >= 11 is 0. The van der Waals surface area contributed by atoms with Gasteiger partial charge in [-0.2, -0.15) is 0 Å². The normalized spacial score (nSPS) is 18.6. The van der Waals surface area contributed by atoms with Crippen molar-refractivity contribution in [2.24, 2.45) is 0 Å². The summed E-state index contributed by atoms with van der Waals surface area (Å²) in [6, 6.07) is 3.98. The summed E-state index contributed by atoms with van der Waals surface area (Å²) in [4.78, 5) is 25.6. The number of hydrogen-bond donors (Lipinski definition) is 0. The minimum Gasteiger partial charge on any atom is -0.379 e. The van der Waals surface area contributed by atoms with Crippen LogP contribution in [0, 0.1) is 0 Å². The Bertz CT molecular complexity index is 724. The van der Waals surface area contributed by atoms with Crippen molar-refractivity contribution in [1.29, 1.82) is 0 Å². The van der Waals surface area contributed by atoms with Crippen molar-refractivity contribution in [3.05, 3.63) is 36.5 Å². The number of carbonyl (C=O) groups excluding carboxylic acids is 1. The molecule has 0 spiro atoms. The quantitative estimate of drug-likeness (QED) is 0.821. The van der Waals surface area contributed by atoms with Crippen LogP contribution in [0.25, 0.3) is 11.3 Å². The first-order valence-electron chi connectivity index (χ1n) is 8.84. The van der Waals surface area contributed by atoms with E-state index in [0.717, 1.165) is 69.4 Å². The number of pyridine rings is 1. The van der Waals surface area contributed by atoms with Gasteiger partial charge < -0.3 is 14.2 Å². The first-order chi connectivity index (χ1) is 12.3. The zero-order chi connectivity index (χ0) is 17.1. The van der Waals surface area contributed by atoms with Gasteiger partial charge in [-0.25, -0.2) is 4.98 Å². The van der Waals surface area contributed by atoms with E-state index in [9.17, 15) is 4.79 Å². The van der Waals surface area contributed by atoms with Gasteiger partial charge in [0.1, 0.15) is 5.82 Å². The van der Waals surface area contributed by atoms with Gasteiger partial charge in [0.15, 0.2) is 0 Å². The molecule has 0 aliphatic carbocycles. The molecule has 2 aromatic rings. The summed E-state index contributed by atoms with van der Waals surface area (Å²) in [6.45, 7) is 5.83. The van der Waals surface area contributed by atoms with Gasteiger partial charge in [0, 0.05) is 57.1 Å². The molecule has 2 aliphatic heterocycles. The van der Waals surface area contributed by atoms with E-state index in [1.54, 1.807) is 6.20 Å². The predicted octanol–water partition coefficient (Wildman–Crippen LogP) is 0.662. The Morgan fingerprint density at radius 3 is 2.80 bits per heavy atom. The number of ether oxygens (including phenoxy) is 1. The number of fused-ring (bicyclic) bond motifs is 1. The third-order valence-corrected chi connectivity index (χ3v) is 4.91. The number of amides is 1. The number of aromatic nitrogens is 3. The minimum atomic E-state index is 0.204. The van der Waals surface area contributed by atoms with Gasteiger partial charge >= 0.3 is 0 Å². The number of rotatable bonds is 3. The van der Waals surface area contributed by atoms with E-state index in [0.29, 0.717) is 6.54 Å². The molecule has 0 atom stereocenters. The van der Waals surface area contributed by atoms with Crippen molar-refractivity contribution in [2.75, 3.05) is 45.9 Å². The molecular weight excluding hydrogens is 318 g/mol. The molecule has 25 heavy (non-hydrogen) atoms. The molecule has 7 nitrogen and oxygen atoms in total. The zero-order valence-corrected chi connectivity index (χ0v) is 14.3. The third kappa shape index (κ3) is 3.57. The molecule has 0 aromatic carbocycles. The van der Waals surface area contributed by atoms with Crippen molar-refractivity contribution < 1.29 is 9.53 Å². The molecule has 0 bridgehead atoms. The second-order valence-electron chi connectivity index (χ2n) is 6.47. The van der Waals surface area contributed by atoms with Crippen LogP contribution in [0.4, 0.5) is 0 Å². The van der Waals surface area contributed by atoms with E-state index >= 15 is 0 Å². The SMILES string of the molecule is O=C(CN1CCOCC1)N1CCc2ncc(-c3cccnc3)n2CC1. The maximum atomic E-state index is 12.7. The van der Waals surface area contributed by atoms with Gasteiger partial charge in [-0.15, -0.1) is 0 Å². The van der Waals surface area contributed by atoms with E-state index in [1.807, 2.05) is 29.4 Å². The highest BCUT2D eigenvalue weighted by atomic mass is 16.5. The summed E-state index contributed by atoms with van der Waals surface area (Å²) in [6.07, 6.45) is 6.33. The highest BCUT2D eigenvalue weighted by molar-refractivity contribution is 5.78. The maximum Gasteiger partial charge on any atom is 0.236 e. The van der Waals surface area contributed by atoms with Crippen LogP contribution in [0.15, 0.2) is 30.7 Å². The van der Waals surface area contributed by atoms with Gasteiger partial charge in [0.05, 0.1) is 31.6 Å². The molecule has 2 aromatic heterocycles. The minimum absolute atomic E-state index is 0.204. The lowest BCUT2D eigenvalue weighted by Gasteiger charge is -2.29. The van der Waals surface area contributed by atoms with Crippen molar-refractivity contribution in [3.63, 3.8) is 0 Å². The fourth-order valence-electron chi connectivity index (χ4n) is 3.48. The fourth-order valence-corrected chi connectivity index (χ4v) is 3.48. The van der Waals surface area contributed by atoms with E-state index < -0.39 is 0 Å². The van der Waals surface area contributed by atoms with Crippen LogP contribution >= 0.6 is 0 Å². The molecular formula is C18H23N5O2. The second kappa shape index (κ2) is 7.33. The van der Waals surface area contributed by atoms with E-state index in [2.05, 4.69) is 19.4 Å². The van der Waals surface area contributed by atoms with E-state index in [-0.39, 0.29) is 5.91 Å². The Morgan fingerprint density at radius 2 is 2.00 bits per heavy atom. The highest BCUT2D eigenvalue weighted by Gasteiger charge is 2.23.